The third-order valence-corrected chi connectivity index (χ3v) is 5.85. The quantitative estimate of drug-likeness (QED) is 0.850. The Labute approximate surface area is 157 Å². The second-order valence-corrected chi connectivity index (χ2v) is 7.72. The molecule has 1 aromatic carbocycles. The minimum absolute atomic E-state index is 0.709. The van der Waals surface area contributed by atoms with Gasteiger partial charge in [-0.15, -0.1) is 0 Å². The van der Waals surface area contributed by atoms with Crippen molar-refractivity contribution in [2.75, 3.05) is 39.3 Å². The van der Waals surface area contributed by atoms with Crippen LogP contribution in [-0.4, -0.2) is 49.1 Å². The van der Waals surface area contributed by atoms with Crippen LogP contribution >= 0.6 is 0 Å². The van der Waals surface area contributed by atoms with Crippen molar-refractivity contribution in [3.05, 3.63) is 59.0 Å². The van der Waals surface area contributed by atoms with Crippen molar-refractivity contribution in [1.82, 2.24) is 15.1 Å². The number of nitrogens with one attached hydrogen (secondary N) is 1. The summed E-state index contributed by atoms with van der Waals surface area (Å²) in [4.78, 5) is 4.99. The maximum Gasteiger partial charge on any atom is 0.115 e. The topological polar surface area (TPSA) is 27.7 Å². The number of allylic oxidation sites excluding steroid dienone is 2. The SMILES string of the molecule is CCN1CC(OCC2CCNCC2)=CC=C1CN1Cc2ccccc2C1. The van der Waals surface area contributed by atoms with E-state index < -0.39 is 0 Å². The maximum absolute atomic E-state index is 6.16. The van der Waals surface area contributed by atoms with Crippen molar-refractivity contribution in [1.29, 1.82) is 0 Å². The van der Waals surface area contributed by atoms with Gasteiger partial charge in [-0.2, -0.15) is 0 Å². The molecule has 1 N–H and O–H groups in total. The predicted octanol–water partition coefficient (Wildman–Crippen LogP) is 3.12. The third kappa shape index (κ3) is 4.13. The van der Waals surface area contributed by atoms with E-state index in [1.54, 1.807) is 0 Å². The van der Waals surface area contributed by atoms with Gasteiger partial charge < -0.3 is 15.0 Å². The highest BCUT2D eigenvalue weighted by atomic mass is 16.5. The molecule has 3 aliphatic rings. The molecule has 0 aliphatic carbocycles. The molecule has 0 bridgehead atoms. The Bertz CT molecular complexity index is 651. The lowest BCUT2D eigenvalue weighted by Crippen LogP contribution is -2.35. The van der Waals surface area contributed by atoms with Crippen LogP contribution in [0.2, 0.25) is 0 Å². The first-order valence-corrected chi connectivity index (χ1v) is 10.1. The Kier molecular flexibility index (Phi) is 5.61. The Balaban J connectivity index is 1.34. The van der Waals surface area contributed by atoms with E-state index in [-0.39, 0.29) is 0 Å². The molecule has 26 heavy (non-hydrogen) atoms. The molecule has 1 fully saturated rings. The van der Waals surface area contributed by atoms with Crippen molar-refractivity contribution in [2.24, 2.45) is 5.92 Å². The van der Waals surface area contributed by atoms with Crippen LogP contribution in [0, 0.1) is 5.92 Å². The Hall–Kier alpha value is -1.78. The predicted molar refractivity (Wildman–Crippen MR) is 106 cm³/mol. The van der Waals surface area contributed by atoms with Gasteiger partial charge in [-0.3, -0.25) is 4.90 Å². The molecule has 1 saturated heterocycles. The summed E-state index contributed by atoms with van der Waals surface area (Å²) in [6.07, 6.45) is 6.95. The Morgan fingerprint density at radius 3 is 2.46 bits per heavy atom. The summed E-state index contributed by atoms with van der Waals surface area (Å²) in [6.45, 7) is 10.5. The van der Waals surface area contributed by atoms with E-state index in [1.807, 2.05) is 0 Å². The number of fused-ring (bicyclic) bond motifs is 1. The van der Waals surface area contributed by atoms with Crippen LogP contribution in [0.1, 0.15) is 30.9 Å². The zero-order chi connectivity index (χ0) is 17.8. The lowest BCUT2D eigenvalue weighted by Gasteiger charge is -2.33. The van der Waals surface area contributed by atoms with Crippen molar-refractivity contribution < 1.29 is 4.74 Å². The standard InChI is InChI=1S/C22H31N3O/c1-2-25-16-22(26-17-18-9-11-23-12-10-18)8-7-21(25)15-24-13-19-5-3-4-6-20(19)14-24/h3-8,18,23H,2,9-17H2,1H3. The minimum atomic E-state index is 0.709. The van der Waals surface area contributed by atoms with E-state index in [1.165, 1.54) is 29.7 Å². The molecular formula is C22H31N3O. The van der Waals surface area contributed by atoms with E-state index in [2.05, 4.69) is 58.5 Å². The normalized spacial score (nSPS) is 21.3. The largest absolute Gasteiger partial charge is 0.496 e. The molecule has 4 heteroatoms. The Morgan fingerprint density at radius 2 is 1.77 bits per heavy atom. The average Bonchev–Trinajstić information content (AvgIpc) is 3.10. The monoisotopic (exact) mass is 353 g/mol. The number of nitrogens with zero attached hydrogens (tertiary/aromatic N) is 2. The Morgan fingerprint density at radius 1 is 1.04 bits per heavy atom. The second-order valence-electron chi connectivity index (χ2n) is 7.72. The number of hydrogen-bond donors (Lipinski definition) is 1. The zero-order valence-electron chi connectivity index (χ0n) is 15.9. The smallest absolute Gasteiger partial charge is 0.115 e. The molecule has 0 atom stereocenters. The molecule has 140 valence electrons. The van der Waals surface area contributed by atoms with Gasteiger partial charge in [0.15, 0.2) is 0 Å². The molecule has 0 radical (unpaired) electrons. The minimum Gasteiger partial charge on any atom is -0.496 e. The first kappa shape index (κ1) is 17.6. The van der Waals surface area contributed by atoms with E-state index in [0.29, 0.717) is 5.92 Å². The van der Waals surface area contributed by atoms with Gasteiger partial charge in [-0.05, 0) is 62.1 Å². The van der Waals surface area contributed by atoms with Crippen molar-refractivity contribution >= 4 is 0 Å². The summed E-state index contributed by atoms with van der Waals surface area (Å²) < 4.78 is 6.16. The summed E-state index contributed by atoms with van der Waals surface area (Å²) in [5.74, 6) is 1.83. The van der Waals surface area contributed by atoms with Gasteiger partial charge in [0, 0.05) is 31.9 Å². The lowest BCUT2D eigenvalue weighted by atomic mass is 9.99. The molecule has 0 unspecified atom stereocenters. The highest BCUT2D eigenvalue weighted by molar-refractivity contribution is 5.31. The summed E-state index contributed by atoms with van der Waals surface area (Å²) in [6, 6.07) is 8.81. The van der Waals surface area contributed by atoms with Crippen LogP contribution in [0.15, 0.2) is 47.9 Å². The first-order chi connectivity index (χ1) is 12.8. The van der Waals surface area contributed by atoms with Crippen molar-refractivity contribution in [3.63, 3.8) is 0 Å². The van der Waals surface area contributed by atoms with Crippen LogP contribution in [0.5, 0.6) is 0 Å². The fraction of sp³-hybridized carbons (Fsp3) is 0.545. The van der Waals surface area contributed by atoms with Gasteiger partial charge in [-0.1, -0.05) is 24.3 Å². The lowest BCUT2D eigenvalue weighted by molar-refractivity contribution is 0.126. The first-order valence-electron chi connectivity index (χ1n) is 10.1. The molecule has 0 saturated carbocycles. The molecule has 0 spiro atoms. The summed E-state index contributed by atoms with van der Waals surface area (Å²) in [5, 5.41) is 3.42. The molecule has 0 aromatic heterocycles. The third-order valence-electron chi connectivity index (χ3n) is 5.85. The molecule has 0 amide bonds. The van der Waals surface area contributed by atoms with Gasteiger partial charge in [0.2, 0.25) is 0 Å². The number of ether oxygens (including phenoxy) is 1. The maximum atomic E-state index is 6.16. The molecule has 1 aromatic rings. The van der Waals surface area contributed by atoms with Gasteiger partial charge in [0.1, 0.15) is 5.76 Å². The van der Waals surface area contributed by atoms with Crippen LogP contribution < -0.4 is 5.32 Å². The van der Waals surface area contributed by atoms with E-state index in [4.69, 9.17) is 4.74 Å². The highest BCUT2D eigenvalue weighted by Gasteiger charge is 2.23. The molecule has 3 heterocycles. The van der Waals surface area contributed by atoms with Gasteiger partial charge in [0.25, 0.3) is 0 Å². The highest BCUT2D eigenvalue weighted by Crippen LogP contribution is 2.25. The number of piperidine rings is 1. The number of rotatable bonds is 6. The van der Waals surface area contributed by atoms with E-state index >= 15 is 0 Å². The fourth-order valence-electron chi connectivity index (χ4n) is 4.22. The van der Waals surface area contributed by atoms with E-state index in [0.717, 1.165) is 58.2 Å². The summed E-state index contributed by atoms with van der Waals surface area (Å²) in [7, 11) is 0. The fourth-order valence-corrected chi connectivity index (χ4v) is 4.22. The van der Waals surface area contributed by atoms with Gasteiger partial charge >= 0.3 is 0 Å². The average molecular weight is 354 g/mol. The van der Waals surface area contributed by atoms with Gasteiger partial charge in [-0.25, -0.2) is 0 Å². The zero-order valence-corrected chi connectivity index (χ0v) is 15.9. The molecule has 4 rings (SSSR count). The molecular weight excluding hydrogens is 322 g/mol. The van der Waals surface area contributed by atoms with Crippen LogP contribution in [-0.2, 0) is 17.8 Å². The number of benzene rings is 1. The number of likely N-dealkylation sites (N-methyl/N-ethyl adjacent to an activating group) is 1. The second kappa shape index (κ2) is 8.28. The summed E-state index contributed by atoms with van der Waals surface area (Å²) in [5.41, 5.74) is 4.37. The van der Waals surface area contributed by atoms with Crippen LogP contribution in [0.3, 0.4) is 0 Å². The van der Waals surface area contributed by atoms with Crippen LogP contribution in [0.4, 0.5) is 0 Å². The van der Waals surface area contributed by atoms with Crippen LogP contribution in [0.25, 0.3) is 0 Å². The van der Waals surface area contributed by atoms with Crippen molar-refractivity contribution in [2.45, 2.75) is 32.9 Å². The van der Waals surface area contributed by atoms with E-state index in [9.17, 15) is 0 Å². The molecule has 3 aliphatic heterocycles. The number of hydrogen-bond acceptors (Lipinski definition) is 4. The van der Waals surface area contributed by atoms with Gasteiger partial charge in [0.05, 0.1) is 13.2 Å². The molecule has 4 nitrogen and oxygen atoms in total. The summed E-state index contributed by atoms with van der Waals surface area (Å²) >= 11 is 0. The van der Waals surface area contributed by atoms with Crippen molar-refractivity contribution in [3.8, 4) is 0 Å².